The van der Waals surface area contributed by atoms with Gasteiger partial charge in [0.2, 0.25) is 5.78 Å². The highest BCUT2D eigenvalue weighted by Gasteiger charge is 2.18. The summed E-state index contributed by atoms with van der Waals surface area (Å²) in [6, 6.07) is 15.0. The van der Waals surface area contributed by atoms with Crippen LogP contribution in [0.3, 0.4) is 0 Å². The molecule has 0 aliphatic rings. The standard InChI is InChI=1S/C25H25N3O3S/c1-16-12-18(3)28(26-16)21-9-7-20(8-10-21)25(30)31-15-24(29)23-13-17(2)27(19(23)4)14-22-6-5-11-32-22/h5-13H,14-15H2,1-4H3. The van der Waals surface area contributed by atoms with E-state index < -0.39 is 5.97 Å². The lowest BCUT2D eigenvalue weighted by Crippen LogP contribution is -2.15. The van der Waals surface area contributed by atoms with Crippen molar-refractivity contribution in [1.29, 1.82) is 0 Å². The molecule has 6 nitrogen and oxygen atoms in total. The molecule has 0 radical (unpaired) electrons. The molecule has 4 rings (SSSR count). The maximum absolute atomic E-state index is 12.7. The summed E-state index contributed by atoms with van der Waals surface area (Å²) in [6.45, 7) is 8.25. The second-order valence-corrected chi connectivity index (χ2v) is 8.87. The number of benzene rings is 1. The van der Waals surface area contributed by atoms with E-state index in [0.29, 0.717) is 11.1 Å². The predicted molar refractivity (Wildman–Crippen MR) is 125 cm³/mol. The van der Waals surface area contributed by atoms with Gasteiger partial charge < -0.3 is 9.30 Å². The first-order valence-electron chi connectivity index (χ1n) is 10.4. The molecule has 0 spiro atoms. The third-order valence-corrected chi connectivity index (χ3v) is 6.32. The molecule has 0 amide bonds. The van der Waals surface area contributed by atoms with E-state index in [9.17, 15) is 9.59 Å². The van der Waals surface area contributed by atoms with Gasteiger partial charge in [-0.1, -0.05) is 6.07 Å². The number of carbonyl (C=O) groups excluding carboxylic acids is 2. The zero-order valence-electron chi connectivity index (χ0n) is 18.6. The summed E-state index contributed by atoms with van der Waals surface area (Å²) >= 11 is 1.69. The fraction of sp³-hybridized carbons (Fsp3) is 0.240. The summed E-state index contributed by atoms with van der Waals surface area (Å²) in [4.78, 5) is 26.4. The average molecular weight is 448 g/mol. The molecule has 0 saturated carbocycles. The van der Waals surface area contributed by atoms with E-state index in [-0.39, 0.29) is 12.4 Å². The first-order chi connectivity index (χ1) is 15.3. The minimum Gasteiger partial charge on any atom is -0.454 e. The number of Topliss-reactive ketones (excluding diaryl/α,β-unsaturated/α-hetero) is 1. The molecule has 3 heterocycles. The van der Waals surface area contributed by atoms with Crippen LogP contribution in [0.25, 0.3) is 5.69 Å². The highest BCUT2D eigenvalue weighted by molar-refractivity contribution is 7.09. The molecule has 32 heavy (non-hydrogen) atoms. The molecule has 4 aromatic rings. The van der Waals surface area contributed by atoms with Gasteiger partial charge in [-0.2, -0.15) is 5.10 Å². The monoisotopic (exact) mass is 447 g/mol. The van der Waals surface area contributed by atoms with Crippen LogP contribution in [0.4, 0.5) is 0 Å². The highest BCUT2D eigenvalue weighted by Crippen LogP contribution is 2.20. The average Bonchev–Trinajstić information content (AvgIpc) is 3.48. The normalized spacial score (nSPS) is 11.0. The lowest BCUT2D eigenvalue weighted by Gasteiger charge is -2.09. The first kappa shape index (κ1) is 21.8. The van der Waals surface area contributed by atoms with Crippen molar-refractivity contribution in [2.45, 2.75) is 34.2 Å². The molecule has 1 aromatic carbocycles. The molecular weight excluding hydrogens is 422 g/mol. The Morgan fingerprint density at radius 3 is 2.38 bits per heavy atom. The number of thiophene rings is 1. The number of rotatable bonds is 7. The minimum absolute atomic E-state index is 0.205. The second kappa shape index (κ2) is 8.96. The Balaban J connectivity index is 1.41. The summed E-state index contributed by atoms with van der Waals surface area (Å²) < 4.78 is 9.24. The van der Waals surface area contributed by atoms with Crippen LogP contribution < -0.4 is 0 Å². The van der Waals surface area contributed by atoms with Gasteiger partial charge in [-0.15, -0.1) is 11.3 Å². The summed E-state index contributed by atoms with van der Waals surface area (Å²) in [5.41, 5.74) is 5.68. The van der Waals surface area contributed by atoms with E-state index >= 15 is 0 Å². The third-order valence-electron chi connectivity index (χ3n) is 5.46. The van der Waals surface area contributed by atoms with Gasteiger partial charge >= 0.3 is 5.97 Å². The largest absolute Gasteiger partial charge is 0.454 e. The molecule has 164 valence electrons. The minimum atomic E-state index is -0.523. The Morgan fingerprint density at radius 1 is 1.00 bits per heavy atom. The van der Waals surface area contributed by atoms with Crippen molar-refractivity contribution >= 4 is 23.1 Å². The van der Waals surface area contributed by atoms with Crippen LogP contribution in [0.1, 0.15) is 48.4 Å². The van der Waals surface area contributed by atoms with Gasteiger partial charge in [-0.05, 0) is 75.5 Å². The van der Waals surface area contributed by atoms with Crippen LogP contribution in [0.2, 0.25) is 0 Å². The Kier molecular flexibility index (Phi) is 6.10. The number of hydrogen-bond acceptors (Lipinski definition) is 5. The summed E-state index contributed by atoms with van der Waals surface area (Å²) in [5.74, 6) is -0.728. The molecule has 7 heteroatoms. The predicted octanol–water partition coefficient (Wildman–Crippen LogP) is 5.06. The molecular formula is C25H25N3O3S. The maximum atomic E-state index is 12.7. The number of carbonyl (C=O) groups is 2. The van der Waals surface area contributed by atoms with E-state index in [4.69, 9.17) is 4.74 Å². The molecule has 0 atom stereocenters. The van der Waals surface area contributed by atoms with Crippen LogP contribution in [-0.4, -0.2) is 32.7 Å². The van der Waals surface area contributed by atoms with Crippen molar-refractivity contribution < 1.29 is 14.3 Å². The van der Waals surface area contributed by atoms with E-state index in [1.807, 2.05) is 68.1 Å². The van der Waals surface area contributed by atoms with Crippen LogP contribution in [0.5, 0.6) is 0 Å². The van der Waals surface area contributed by atoms with Gasteiger partial charge in [-0.3, -0.25) is 4.79 Å². The van der Waals surface area contributed by atoms with Gasteiger partial charge in [0.25, 0.3) is 0 Å². The first-order valence-corrected chi connectivity index (χ1v) is 11.2. The SMILES string of the molecule is Cc1cc(C)n(-c2ccc(C(=O)OCC(=O)c3cc(C)n(Cc4cccs4)c3C)cc2)n1. The molecule has 3 aromatic heterocycles. The highest BCUT2D eigenvalue weighted by atomic mass is 32.1. The summed E-state index contributed by atoms with van der Waals surface area (Å²) in [6.07, 6.45) is 0. The molecule has 0 N–H and O–H groups in total. The molecule has 0 aliphatic heterocycles. The number of ketones is 1. The molecule has 0 unspecified atom stereocenters. The smallest absolute Gasteiger partial charge is 0.338 e. The number of hydrogen-bond donors (Lipinski definition) is 0. The lowest BCUT2D eigenvalue weighted by atomic mass is 10.1. The number of aryl methyl sites for hydroxylation is 3. The zero-order valence-corrected chi connectivity index (χ0v) is 19.4. The number of aromatic nitrogens is 3. The summed E-state index contributed by atoms with van der Waals surface area (Å²) in [5, 5.41) is 6.48. The van der Waals surface area contributed by atoms with Crippen molar-refractivity contribution in [2.75, 3.05) is 6.61 Å². The van der Waals surface area contributed by atoms with Crippen molar-refractivity contribution in [1.82, 2.24) is 14.3 Å². The number of esters is 1. The fourth-order valence-electron chi connectivity index (χ4n) is 3.81. The Hall–Kier alpha value is -3.45. The summed E-state index contributed by atoms with van der Waals surface area (Å²) in [7, 11) is 0. The Labute approximate surface area is 191 Å². The molecule has 0 bridgehead atoms. The molecule has 0 aliphatic carbocycles. The second-order valence-electron chi connectivity index (χ2n) is 7.84. The van der Waals surface area contributed by atoms with Gasteiger partial charge in [0.1, 0.15) is 0 Å². The van der Waals surface area contributed by atoms with E-state index in [1.54, 1.807) is 23.5 Å². The van der Waals surface area contributed by atoms with Crippen molar-refractivity contribution in [3.8, 4) is 5.69 Å². The van der Waals surface area contributed by atoms with Gasteiger partial charge in [0.15, 0.2) is 6.61 Å². The Morgan fingerprint density at radius 2 is 1.75 bits per heavy atom. The fourth-order valence-corrected chi connectivity index (χ4v) is 4.50. The Bertz CT molecular complexity index is 1260. The topological polar surface area (TPSA) is 66.1 Å². The molecule has 0 fully saturated rings. The van der Waals surface area contributed by atoms with Gasteiger partial charge in [0.05, 0.1) is 23.5 Å². The zero-order chi connectivity index (χ0) is 22.8. The van der Waals surface area contributed by atoms with Crippen LogP contribution in [-0.2, 0) is 11.3 Å². The van der Waals surface area contributed by atoms with Crippen molar-refractivity contribution in [2.24, 2.45) is 0 Å². The quantitative estimate of drug-likeness (QED) is 0.293. The van der Waals surface area contributed by atoms with Crippen LogP contribution in [0.15, 0.2) is 53.9 Å². The maximum Gasteiger partial charge on any atom is 0.338 e. The molecule has 0 saturated heterocycles. The van der Waals surface area contributed by atoms with E-state index in [0.717, 1.165) is 35.0 Å². The van der Waals surface area contributed by atoms with Crippen molar-refractivity contribution in [3.05, 3.63) is 92.7 Å². The van der Waals surface area contributed by atoms with Crippen LogP contribution >= 0.6 is 11.3 Å². The third kappa shape index (κ3) is 4.43. The number of ether oxygens (including phenoxy) is 1. The van der Waals surface area contributed by atoms with Crippen LogP contribution in [0, 0.1) is 27.7 Å². The van der Waals surface area contributed by atoms with Crippen molar-refractivity contribution in [3.63, 3.8) is 0 Å². The van der Waals surface area contributed by atoms with Gasteiger partial charge in [0, 0.05) is 27.5 Å². The van der Waals surface area contributed by atoms with E-state index in [2.05, 4.69) is 15.7 Å². The lowest BCUT2D eigenvalue weighted by molar-refractivity contribution is 0.0474. The number of nitrogens with zero attached hydrogens (tertiary/aromatic N) is 3. The van der Waals surface area contributed by atoms with E-state index in [1.165, 1.54) is 4.88 Å². The van der Waals surface area contributed by atoms with Gasteiger partial charge in [-0.25, -0.2) is 9.48 Å².